The summed E-state index contributed by atoms with van der Waals surface area (Å²) in [5.74, 6) is -0.434. The van der Waals surface area contributed by atoms with E-state index in [0.717, 1.165) is 5.56 Å². The SMILES string of the molecule is CN1OC[C@@H](S(=O)(=O)N(C)Cc2ccccc2)[C@H]1c1ccccc1F. The molecule has 1 heterocycles. The second-order valence-electron chi connectivity index (χ2n) is 6.13. The highest BCUT2D eigenvalue weighted by molar-refractivity contribution is 7.89. The fourth-order valence-corrected chi connectivity index (χ4v) is 4.79. The van der Waals surface area contributed by atoms with E-state index in [1.165, 1.54) is 15.4 Å². The number of sulfonamides is 1. The molecule has 25 heavy (non-hydrogen) atoms. The van der Waals surface area contributed by atoms with Gasteiger partial charge in [0.2, 0.25) is 10.0 Å². The molecule has 1 aliphatic rings. The third-order valence-corrected chi connectivity index (χ3v) is 6.63. The molecule has 2 aromatic carbocycles. The summed E-state index contributed by atoms with van der Waals surface area (Å²) in [5, 5.41) is 0.555. The molecule has 0 saturated carbocycles. The first-order valence-electron chi connectivity index (χ1n) is 8.00. The number of hydroxylamine groups is 2. The molecule has 7 heteroatoms. The standard InChI is InChI=1S/C18H21FN2O3S/c1-20(12-14-8-4-3-5-9-14)25(22,23)17-13-24-21(2)18(17)15-10-6-7-11-16(15)19/h3-11,17-18H,12-13H2,1-2H3/t17-,18-/m1/s1. The first-order chi connectivity index (χ1) is 11.9. The smallest absolute Gasteiger partial charge is 0.221 e. The predicted octanol–water partition coefficient (Wildman–Crippen LogP) is 2.57. The average molecular weight is 364 g/mol. The highest BCUT2D eigenvalue weighted by atomic mass is 32.2. The summed E-state index contributed by atoms with van der Waals surface area (Å²) >= 11 is 0. The normalized spacial score (nSPS) is 21.8. The molecule has 1 fully saturated rings. The molecule has 3 rings (SSSR count). The van der Waals surface area contributed by atoms with Crippen molar-refractivity contribution in [1.82, 2.24) is 9.37 Å². The minimum absolute atomic E-state index is 0.00301. The minimum Gasteiger partial charge on any atom is -0.297 e. The van der Waals surface area contributed by atoms with E-state index in [0.29, 0.717) is 5.56 Å². The minimum atomic E-state index is -3.68. The molecule has 0 aromatic heterocycles. The molecule has 0 N–H and O–H groups in total. The number of nitrogens with zero attached hydrogens (tertiary/aromatic N) is 2. The summed E-state index contributed by atoms with van der Waals surface area (Å²) in [6, 6.07) is 14.9. The number of halogens is 1. The Balaban J connectivity index is 1.89. The third kappa shape index (κ3) is 3.59. The van der Waals surface area contributed by atoms with Crippen LogP contribution < -0.4 is 0 Å². The summed E-state index contributed by atoms with van der Waals surface area (Å²) < 4.78 is 41.7. The van der Waals surface area contributed by atoms with Gasteiger partial charge in [0, 0.05) is 26.2 Å². The lowest BCUT2D eigenvalue weighted by Crippen LogP contribution is -2.40. The Morgan fingerprint density at radius 1 is 1.16 bits per heavy atom. The fraction of sp³-hybridized carbons (Fsp3) is 0.333. The van der Waals surface area contributed by atoms with E-state index in [-0.39, 0.29) is 13.2 Å². The molecule has 0 amide bonds. The molecule has 5 nitrogen and oxygen atoms in total. The number of rotatable bonds is 5. The van der Waals surface area contributed by atoms with Crippen LogP contribution in [-0.4, -0.2) is 43.7 Å². The van der Waals surface area contributed by atoms with E-state index in [9.17, 15) is 12.8 Å². The first-order valence-corrected chi connectivity index (χ1v) is 9.51. The van der Waals surface area contributed by atoms with E-state index < -0.39 is 27.1 Å². The highest BCUT2D eigenvalue weighted by Gasteiger charge is 2.45. The van der Waals surface area contributed by atoms with Crippen LogP contribution in [0.5, 0.6) is 0 Å². The Morgan fingerprint density at radius 2 is 1.80 bits per heavy atom. The molecule has 2 aromatic rings. The van der Waals surface area contributed by atoms with Gasteiger partial charge in [-0.25, -0.2) is 17.1 Å². The summed E-state index contributed by atoms with van der Waals surface area (Å²) in [4.78, 5) is 5.44. The maximum Gasteiger partial charge on any atom is 0.221 e. The van der Waals surface area contributed by atoms with Crippen LogP contribution in [0.4, 0.5) is 4.39 Å². The molecule has 2 atom stereocenters. The van der Waals surface area contributed by atoms with Gasteiger partial charge < -0.3 is 0 Å². The van der Waals surface area contributed by atoms with E-state index in [4.69, 9.17) is 4.84 Å². The zero-order valence-corrected chi connectivity index (χ0v) is 15.0. The maximum absolute atomic E-state index is 14.2. The third-order valence-electron chi connectivity index (χ3n) is 4.48. The maximum atomic E-state index is 14.2. The van der Waals surface area contributed by atoms with Gasteiger partial charge in [-0.05, 0) is 11.6 Å². The monoisotopic (exact) mass is 364 g/mol. The van der Waals surface area contributed by atoms with Crippen molar-refractivity contribution in [3.63, 3.8) is 0 Å². The lowest BCUT2D eigenvalue weighted by atomic mass is 10.0. The number of hydrogen-bond acceptors (Lipinski definition) is 4. The van der Waals surface area contributed by atoms with Gasteiger partial charge in [-0.3, -0.25) is 4.84 Å². The second kappa shape index (κ2) is 7.21. The molecule has 134 valence electrons. The van der Waals surface area contributed by atoms with Crippen LogP contribution in [0.3, 0.4) is 0 Å². The van der Waals surface area contributed by atoms with Crippen molar-refractivity contribution >= 4 is 10.0 Å². The van der Waals surface area contributed by atoms with Crippen molar-refractivity contribution in [2.24, 2.45) is 0 Å². The summed E-state index contributed by atoms with van der Waals surface area (Å²) in [7, 11) is -0.514. The van der Waals surface area contributed by atoms with E-state index in [2.05, 4.69) is 0 Å². The molecule has 0 bridgehead atoms. The first kappa shape index (κ1) is 18.0. The number of benzene rings is 2. The van der Waals surface area contributed by atoms with Crippen LogP contribution in [0.2, 0.25) is 0 Å². The second-order valence-corrected chi connectivity index (χ2v) is 8.39. The van der Waals surface area contributed by atoms with Crippen molar-refractivity contribution < 1.29 is 17.6 Å². The highest BCUT2D eigenvalue weighted by Crippen LogP contribution is 2.36. The largest absolute Gasteiger partial charge is 0.297 e. The van der Waals surface area contributed by atoms with Gasteiger partial charge in [-0.2, -0.15) is 5.06 Å². The molecular formula is C18H21FN2O3S. The molecular weight excluding hydrogens is 343 g/mol. The lowest BCUT2D eigenvalue weighted by molar-refractivity contribution is -0.111. The van der Waals surface area contributed by atoms with Gasteiger partial charge in [-0.1, -0.05) is 48.5 Å². The van der Waals surface area contributed by atoms with Crippen molar-refractivity contribution in [2.75, 3.05) is 20.7 Å². The van der Waals surface area contributed by atoms with Gasteiger partial charge in [0.05, 0.1) is 12.6 Å². The van der Waals surface area contributed by atoms with Gasteiger partial charge in [-0.15, -0.1) is 0 Å². The zero-order valence-electron chi connectivity index (χ0n) is 14.2. The van der Waals surface area contributed by atoms with Gasteiger partial charge >= 0.3 is 0 Å². The van der Waals surface area contributed by atoms with Crippen molar-refractivity contribution in [1.29, 1.82) is 0 Å². The Kier molecular flexibility index (Phi) is 5.19. The predicted molar refractivity (Wildman–Crippen MR) is 93.5 cm³/mol. The molecule has 0 spiro atoms. The van der Waals surface area contributed by atoms with Gasteiger partial charge in [0.15, 0.2) is 0 Å². The Labute approximate surface area is 147 Å². The van der Waals surface area contributed by atoms with Crippen molar-refractivity contribution in [3.05, 3.63) is 71.5 Å². The molecule has 0 aliphatic carbocycles. The quantitative estimate of drug-likeness (QED) is 0.818. The number of hydrogen-bond donors (Lipinski definition) is 0. The molecule has 1 saturated heterocycles. The van der Waals surface area contributed by atoms with Gasteiger partial charge in [0.1, 0.15) is 11.1 Å². The van der Waals surface area contributed by atoms with Crippen LogP contribution in [0.15, 0.2) is 54.6 Å². The summed E-state index contributed by atoms with van der Waals surface area (Å²) in [6.07, 6.45) is 0. The van der Waals surface area contributed by atoms with E-state index >= 15 is 0 Å². The van der Waals surface area contributed by atoms with Crippen LogP contribution in [0, 0.1) is 5.82 Å². The van der Waals surface area contributed by atoms with Crippen LogP contribution in [0.1, 0.15) is 17.2 Å². The Morgan fingerprint density at radius 3 is 2.48 bits per heavy atom. The molecule has 0 radical (unpaired) electrons. The van der Waals surface area contributed by atoms with Crippen LogP contribution in [-0.2, 0) is 21.4 Å². The summed E-state index contributed by atoms with van der Waals surface area (Å²) in [5.41, 5.74) is 1.22. The van der Waals surface area contributed by atoms with Crippen molar-refractivity contribution in [3.8, 4) is 0 Å². The Bertz CT molecular complexity index is 829. The Hall–Kier alpha value is -1.80. The molecule has 1 aliphatic heterocycles. The lowest BCUT2D eigenvalue weighted by Gasteiger charge is -2.27. The topological polar surface area (TPSA) is 49.9 Å². The molecule has 0 unspecified atom stereocenters. The van der Waals surface area contributed by atoms with E-state index in [1.807, 2.05) is 30.3 Å². The average Bonchev–Trinajstić information content (AvgIpc) is 2.98. The fourth-order valence-electron chi connectivity index (χ4n) is 3.12. The zero-order chi connectivity index (χ0) is 18.0. The van der Waals surface area contributed by atoms with Crippen molar-refractivity contribution in [2.45, 2.75) is 17.8 Å². The van der Waals surface area contributed by atoms with Crippen LogP contribution >= 0.6 is 0 Å². The van der Waals surface area contributed by atoms with E-state index in [1.54, 1.807) is 32.3 Å². The summed E-state index contributed by atoms with van der Waals surface area (Å²) in [6.45, 7) is 0.254. The van der Waals surface area contributed by atoms with Crippen LogP contribution in [0.25, 0.3) is 0 Å². The van der Waals surface area contributed by atoms with Gasteiger partial charge in [0.25, 0.3) is 0 Å².